The third-order valence-electron chi connectivity index (χ3n) is 2.18. The fourth-order valence-corrected chi connectivity index (χ4v) is 1.40. The molecular weight excluding hydrogens is 173 g/mol. The second-order valence-corrected chi connectivity index (χ2v) is 2.86. The molecule has 0 amide bonds. The van der Waals surface area contributed by atoms with E-state index in [4.69, 9.17) is 9.47 Å². The van der Waals surface area contributed by atoms with Gasteiger partial charge in [-0.05, 0) is 0 Å². The summed E-state index contributed by atoms with van der Waals surface area (Å²) in [4.78, 5) is 1.96. The van der Waals surface area contributed by atoms with Crippen molar-refractivity contribution < 1.29 is 66.0 Å². The second kappa shape index (κ2) is 4.12. The smallest absolute Gasteiger partial charge is 0.853 e. The fourth-order valence-electron chi connectivity index (χ4n) is 1.40. The van der Waals surface area contributed by atoms with Gasteiger partial charge >= 0.3 is 51.4 Å². The molecule has 2 heterocycles. The molecule has 0 atom stereocenters. The Kier molecular flexibility index (Phi) is 3.96. The van der Waals surface area contributed by atoms with Crippen molar-refractivity contribution in [3.8, 4) is 0 Å². The molecule has 5 heteroatoms. The minimum Gasteiger partial charge on any atom is -0.853 e. The number of hydrogen-bond acceptors (Lipinski definition) is 4. The molecule has 4 nitrogen and oxygen atoms in total. The van der Waals surface area contributed by atoms with Crippen LogP contribution in [0.2, 0.25) is 0 Å². The van der Waals surface area contributed by atoms with E-state index in [1.165, 1.54) is 0 Å². The number of rotatable bonds is 1. The third kappa shape index (κ3) is 1.72. The van der Waals surface area contributed by atoms with E-state index in [1.807, 2.05) is 4.90 Å². The van der Waals surface area contributed by atoms with E-state index >= 15 is 0 Å². The van der Waals surface area contributed by atoms with Crippen molar-refractivity contribution in [3.63, 3.8) is 0 Å². The third-order valence-corrected chi connectivity index (χ3v) is 2.18. The van der Waals surface area contributed by atoms with Gasteiger partial charge in [-0.3, -0.25) is 0 Å². The van der Waals surface area contributed by atoms with Crippen LogP contribution in [0.25, 0.3) is 0 Å². The molecule has 58 valence electrons. The first-order valence-electron chi connectivity index (χ1n) is 3.36. The Bertz CT molecular complexity index is 134. The Morgan fingerprint density at radius 2 is 1.82 bits per heavy atom. The summed E-state index contributed by atoms with van der Waals surface area (Å²) in [5.41, 5.74) is -0.319. The van der Waals surface area contributed by atoms with E-state index in [-0.39, 0.29) is 63.5 Å². The predicted octanol–water partition coefficient (Wildman–Crippen LogP) is -4.63. The summed E-state index contributed by atoms with van der Waals surface area (Å²) in [6.45, 7) is 2.07. The minimum absolute atomic E-state index is 0. The van der Waals surface area contributed by atoms with Crippen molar-refractivity contribution in [1.29, 1.82) is 0 Å². The molecule has 2 fully saturated rings. The summed E-state index contributed by atoms with van der Waals surface area (Å²) in [6, 6.07) is 0. The van der Waals surface area contributed by atoms with Gasteiger partial charge in [0.2, 0.25) is 0 Å². The fraction of sp³-hybridized carbons (Fsp3) is 1.00. The summed E-state index contributed by atoms with van der Waals surface area (Å²) in [7, 11) is 0. The topological polar surface area (TPSA) is 44.8 Å². The van der Waals surface area contributed by atoms with Crippen LogP contribution in [0, 0.1) is 0 Å². The molecule has 0 aliphatic carbocycles. The molecule has 11 heavy (non-hydrogen) atoms. The molecule has 0 radical (unpaired) electrons. The number of nitrogens with zero attached hydrogens (tertiary/aromatic N) is 1. The summed E-state index contributed by atoms with van der Waals surface area (Å²) in [5.74, 6) is 0. The molecule has 2 saturated heterocycles. The molecule has 0 aromatic heterocycles. The molecule has 0 spiro atoms. The average Bonchev–Trinajstić information content (AvgIpc) is 2.42. The van der Waals surface area contributed by atoms with Crippen molar-refractivity contribution in [2.75, 3.05) is 33.3 Å². The van der Waals surface area contributed by atoms with Gasteiger partial charge in [-0.15, -0.1) is 6.61 Å². The van der Waals surface area contributed by atoms with E-state index < -0.39 is 0 Å². The molecular formula is C6H10KNO3. The van der Waals surface area contributed by atoms with Crippen LogP contribution in [-0.2, 0) is 9.47 Å². The van der Waals surface area contributed by atoms with Gasteiger partial charge in [-0.2, -0.15) is 0 Å². The second-order valence-electron chi connectivity index (χ2n) is 2.86. The largest absolute Gasteiger partial charge is 1.00 e. The van der Waals surface area contributed by atoms with E-state index in [0.717, 1.165) is 0 Å². The zero-order chi connectivity index (χ0) is 7.03. The predicted molar refractivity (Wildman–Crippen MR) is 31.1 cm³/mol. The zero-order valence-electron chi connectivity index (χ0n) is 6.71. The zero-order valence-corrected chi connectivity index (χ0v) is 9.83. The van der Waals surface area contributed by atoms with Crippen molar-refractivity contribution >= 4 is 0 Å². The molecule has 0 saturated carbocycles. The molecule has 2 rings (SSSR count). The number of ether oxygens (including phenoxy) is 2. The molecule has 0 aromatic carbocycles. The Morgan fingerprint density at radius 1 is 1.27 bits per heavy atom. The molecule has 0 aromatic rings. The summed E-state index contributed by atoms with van der Waals surface area (Å²) in [5, 5.41) is 10.7. The van der Waals surface area contributed by atoms with Gasteiger partial charge < -0.3 is 14.6 Å². The van der Waals surface area contributed by atoms with Gasteiger partial charge in [0, 0.05) is 0 Å². The minimum atomic E-state index is -0.319. The van der Waals surface area contributed by atoms with Crippen molar-refractivity contribution in [1.82, 2.24) is 4.90 Å². The Balaban J connectivity index is 0.000000605. The standard InChI is InChI=1S/C6H10NO3.K/c8-1-6-2-9-4-7(6)5-10-3-6;/h1-5H2;/q-1;+1. The van der Waals surface area contributed by atoms with Crippen LogP contribution >= 0.6 is 0 Å². The Hall–Kier alpha value is 1.48. The van der Waals surface area contributed by atoms with Gasteiger partial charge in [0.25, 0.3) is 0 Å². The van der Waals surface area contributed by atoms with E-state index in [0.29, 0.717) is 26.7 Å². The molecule has 0 N–H and O–H groups in total. The van der Waals surface area contributed by atoms with E-state index in [9.17, 15) is 5.11 Å². The maximum Gasteiger partial charge on any atom is 1.00 e. The van der Waals surface area contributed by atoms with Crippen LogP contribution in [0.3, 0.4) is 0 Å². The first kappa shape index (κ1) is 10.6. The molecule has 0 unspecified atom stereocenters. The van der Waals surface area contributed by atoms with Gasteiger partial charge in [-0.25, -0.2) is 4.90 Å². The SMILES string of the molecule is [K+].[O-]CC12COCN1COC2. The van der Waals surface area contributed by atoms with Crippen LogP contribution in [0.4, 0.5) is 0 Å². The first-order valence-corrected chi connectivity index (χ1v) is 3.36. The van der Waals surface area contributed by atoms with Gasteiger partial charge in [0.1, 0.15) is 13.5 Å². The monoisotopic (exact) mass is 183 g/mol. The van der Waals surface area contributed by atoms with Crippen molar-refractivity contribution in [3.05, 3.63) is 0 Å². The number of fused-ring (bicyclic) bond motifs is 1. The van der Waals surface area contributed by atoms with E-state index in [2.05, 4.69) is 0 Å². The maximum atomic E-state index is 10.7. The van der Waals surface area contributed by atoms with Crippen LogP contribution in [0.5, 0.6) is 0 Å². The van der Waals surface area contributed by atoms with Gasteiger partial charge in [0.15, 0.2) is 0 Å². The molecule has 2 aliphatic heterocycles. The van der Waals surface area contributed by atoms with E-state index in [1.54, 1.807) is 0 Å². The number of hydrogen-bond donors (Lipinski definition) is 0. The first-order chi connectivity index (χ1) is 4.87. The average molecular weight is 183 g/mol. The van der Waals surface area contributed by atoms with Crippen LogP contribution in [-0.4, -0.2) is 43.7 Å². The van der Waals surface area contributed by atoms with Crippen LogP contribution in [0.1, 0.15) is 0 Å². The van der Waals surface area contributed by atoms with Crippen LogP contribution in [0.15, 0.2) is 0 Å². The quantitative estimate of drug-likeness (QED) is 0.384. The maximum absolute atomic E-state index is 10.7. The van der Waals surface area contributed by atoms with Crippen LogP contribution < -0.4 is 56.5 Å². The van der Waals surface area contributed by atoms with Crippen molar-refractivity contribution in [2.45, 2.75) is 5.54 Å². The van der Waals surface area contributed by atoms with Crippen molar-refractivity contribution in [2.24, 2.45) is 0 Å². The normalized spacial score (nSPS) is 28.1. The summed E-state index contributed by atoms with van der Waals surface area (Å²) >= 11 is 0. The van der Waals surface area contributed by atoms with Gasteiger partial charge in [-0.1, -0.05) is 0 Å². The Labute approximate surface area is 108 Å². The van der Waals surface area contributed by atoms with Gasteiger partial charge in [0.05, 0.1) is 18.8 Å². The summed E-state index contributed by atoms with van der Waals surface area (Å²) in [6.07, 6.45) is 0. The Morgan fingerprint density at radius 3 is 2.18 bits per heavy atom. The summed E-state index contributed by atoms with van der Waals surface area (Å²) < 4.78 is 10.3. The molecule has 0 bridgehead atoms. The molecule has 2 aliphatic rings.